The highest BCUT2D eigenvalue weighted by Crippen LogP contribution is 2.27. The number of nitrogen functional groups attached to an aromatic ring is 1. The van der Waals surface area contributed by atoms with E-state index in [4.69, 9.17) is 5.73 Å². The molecule has 0 unspecified atom stereocenters. The van der Waals surface area contributed by atoms with E-state index in [1.54, 1.807) is 18.5 Å². The quantitative estimate of drug-likeness (QED) is 0.672. The number of nitrogens with two attached hydrogens (primary N) is 1. The van der Waals surface area contributed by atoms with Crippen molar-refractivity contribution in [2.24, 2.45) is 0 Å². The Morgan fingerprint density at radius 2 is 1.93 bits per heavy atom. The molecule has 5 nitrogen and oxygen atoms in total. The number of carbonyl (C=O) groups is 1. The van der Waals surface area contributed by atoms with Crippen molar-refractivity contribution in [2.45, 2.75) is 27.2 Å². The van der Waals surface area contributed by atoms with E-state index in [0.29, 0.717) is 17.9 Å². The molecule has 29 heavy (non-hydrogen) atoms. The van der Waals surface area contributed by atoms with Crippen molar-refractivity contribution >= 4 is 11.7 Å². The lowest BCUT2D eigenvalue weighted by atomic mass is 9.95. The van der Waals surface area contributed by atoms with Gasteiger partial charge in [0.25, 0.3) is 5.91 Å². The first-order valence-electron chi connectivity index (χ1n) is 9.64. The van der Waals surface area contributed by atoms with Gasteiger partial charge in [-0.3, -0.25) is 9.78 Å². The minimum absolute atomic E-state index is 0.0589. The fourth-order valence-electron chi connectivity index (χ4n) is 3.11. The third-order valence-electron chi connectivity index (χ3n) is 4.60. The minimum atomic E-state index is -0.0589. The molecule has 0 spiro atoms. The summed E-state index contributed by atoms with van der Waals surface area (Å²) in [7, 11) is 0. The number of benzene rings is 1. The van der Waals surface area contributed by atoms with Gasteiger partial charge in [-0.05, 0) is 55.7 Å². The van der Waals surface area contributed by atoms with Crippen LogP contribution in [0.1, 0.15) is 46.6 Å². The number of pyridine rings is 2. The van der Waals surface area contributed by atoms with Crippen LogP contribution >= 0.6 is 0 Å². The van der Waals surface area contributed by atoms with Crippen molar-refractivity contribution in [3.05, 3.63) is 76.7 Å². The number of hydrogen-bond donors (Lipinski definition) is 2. The van der Waals surface area contributed by atoms with E-state index in [1.165, 1.54) is 0 Å². The van der Waals surface area contributed by atoms with E-state index in [0.717, 1.165) is 39.9 Å². The summed E-state index contributed by atoms with van der Waals surface area (Å²) >= 11 is 0. The Bertz CT molecular complexity index is 1090. The van der Waals surface area contributed by atoms with E-state index in [2.05, 4.69) is 34.0 Å². The molecule has 2 heterocycles. The first-order chi connectivity index (χ1) is 14.0. The predicted octanol–water partition coefficient (Wildman–Crippen LogP) is 3.75. The number of rotatable bonds is 4. The van der Waals surface area contributed by atoms with Gasteiger partial charge in [-0.2, -0.15) is 0 Å². The summed E-state index contributed by atoms with van der Waals surface area (Å²) in [5, 5.41) is 2.85. The molecule has 2 aromatic heterocycles. The Morgan fingerprint density at radius 3 is 2.59 bits per heavy atom. The second kappa shape index (κ2) is 9.03. The van der Waals surface area contributed by atoms with Gasteiger partial charge in [0.05, 0.1) is 11.3 Å². The standard InChI is InChI=1S/C24H24N4O/c1-4-22-21(9-6-17-7-11-23(25)28-15-17)20(12-13-27-22)18-8-10-19(16(3)14-18)24(29)26-5-2/h7-8,10-15H,4-5H2,1-3H3,(H2,25,28)(H,26,29). The van der Waals surface area contributed by atoms with Gasteiger partial charge in [0, 0.05) is 35.6 Å². The van der Waals surface area contributed by atoms with Crippen LogP contribution in [0, 0.1) is 18.8 Å². The van der Waals surface area contributed by atoms with Gasteiger partial charge >= 0.3 is 0 Å². The SMILES string of the molecule is CCNC(=O)c1ccc(-c2ccnc(CC)c2C#Cc2ccc(N)nc2)cc1C. The van der Waals surface area contributed by atoms with Gasteiger partial charge in [0.2, 0.25) is 0 Å². The third-order valence-corrected chi connectivity index (χ3v) is 4.60. The van der Waals surface area contributed by atoms with Crippen LogP contribution in [0.2, 0.25) is 0 Å². The van der Waals surface area contributed by atoms with E-state index >= 15 is 0 Å². The minimum Gasteiger partial charge on any atom is -0.384 e. The van der Waals surface area contributed by atoms with Gasteiger partial charge in [-0.25, -0.2) is 4.98 Å². The maximum absolute atomic E-state index is 12.2. The first kappa shape index (κ1) is 20.1. The van der Waals surface area contributed by atoms with Crippen molar-refractivity contribution in [2.75, 3.05) is 12.3 Å². The molecule has 0 atom stereocenters. The Balaban J connectivity index is 2.06. The molecule has 3 rings (SSSR count). The second-order valence-electron chi connectivity index (χ2n) is 6.64. The van der Waals surface area contributed by atoms with Crippen LogP contribution in [0.3, 0.4) is 0 Å². The predicted molar refractivity (Wildman–Crippen MR) is 116 cm³/mol. The third kappa shape index (κ3) is 4.61. The van der Waals surface area contributed by atoms with Crippen molar-refractivity contribution in [3.63, 3.8) is 0 Å². The molecule has 3 N–H and O–H groups in total. The molecule has 5 heteroatoms. The van der Waals surface area contributed by atoms with E-state index in [1.807, 2.05) is 44.2 Å². The van der Waals surface area contributed by atoms with E-state index in [9.17, 15) is 4.79 Å². The van der Waals surface area contributed by atoms with Gasteiger partial charge in [-0.15, -0.1) is 0 Å². The average molecular weight is 384 g/mol. The summed E-state index contributed by atoms with van der Waals surface area (Å²) in [6.45, 7) is 6.52. The molecule has 1 amide bonds. The monoisotopic (exact) mass is 384 g/mol. The summed E-state index contributed by atoms with van der Waals surface area (Å²) in [5.74, 6) is 6.84. The molecule has 0 aliphatic heterocycles. The molecule has 0 fully saturated rings. The number of aryl methyl sites for hydroxylation is 2. The van der Waals surface area contributed by atoms with Crippen LogP contribution < -0.4 is 11.1 Å². The number of aromatic nitrogens is 2. The van der Waals surface area contributed by atoms with Gasteiger partial charge in [0.1, 0.15) is 5.82 Å². The van der Waals surface area contributed by atoms with Gasteiger partial charge in [-0.1, -0.05) is 30.9 Å². The van der Waals surface area contributed by atoms with Crippen molar-refractivity contribution in [1.29, 1.82) is 0 Å². The highest BCUT2D eigenvalue weighted by molar-refractivity contribution is 5.96. The maximum atomic E-state index is 12.2. The molecular formula is C24H24N4O. The number of hydrogen-bond acceptors (Lipinski definition) is 4. The summed E-state index contributed by atoms with van der Waals surface area (Å²) in [6, 6.07) is 11.4. The number of amides is 1. The summed E-state index contributed by atoms with van der Waals surface area (Å²) in [6.07, 6.45) is 4.24. The zero-order valence-corrected chi connectivity index (χ0v) is 16.9. The summed E-state index contributed by atoms with van der Waals surface area (Å²) in [5.41, 5.74) is 11.9. The Labute approximate surface area is 171 Å². The van der Waals surface area contributed by atoms with E-state index < -0.39 is 0 Å². The smallest absolute Gasteiger partial charge is 0.251 e. The fourth-order valence-corrected chi connectivity index (χ4v) is 3.11. The molecule has 0 radical (unpaired) electrons. The molecule has 1 aromatic carbocycles. The molecule has 0 aliphatic rings. The molecule has 146 valence electrons. The molecule has 3 aromatic rings. The Morgan fingerprint density at radius 1 is 1.10 bits per heavy atom. The summed E-state index contributed by atoms with van der Waals surface area (Å²) < 4.78 is 0. The summed E-state index contributed by atoms with van der Waals surface area (Å²) in [4.78, 5) is 20.8. The van der Waals surface area contributed by atoms with Crippen LogP contribution in [-0.4, -0.2) is 22.4 Å². The molecular weight excluding hydrogens is 360 g/mol. The Hall–Kier alpha value is -3.65. The molecule has 0 aliphatic carbocycles. The highest BCUT2D eigenvalue weighted by atomic mass is 16.1. The van der Waals surface area contributed by atoms with Gasteiger partial charge in [0.15, 0.2) is 0 Å². The zero-order valence-electron chi connectivity index (χ0n) is 16.9. The molecule has 0 saturated carbocycles. The normalized spacial score (nSPS) is 10.2. The lowest BCUT2D eigenvalue weighted by Gasteiger charge is -2.12. The van der Waals surface area contributed by atoms with Crippen LogP contribution in [0.5, 0.6) is 0 Å². The lowest BCUT2D eigenvalue weighted by molar-refractivity contribution is 0.0955. The maximum Gasteiger partial charge on any atom is 0.251 e. The fraction of sp³-hybridized carbons (Fsp3) is 0.208. The zero-order chi connectivity index (χ0) is 20.8. The van der Waals surface area contributed by atoms with Crippen molar-refractivity contribution in [1.82, 2.24) is 15.3 Å². The average Bonchev–Trinajstić information content (AvgIpc) is 2.73. The van der Waals surface area contributed by atoms with E-state index in [-0.39, 0.29) is 5.91 Å². The Kier molecular flexibility index (Phi) is 6.25. The lowest BCUT2D eigenvalue weighted by Crippen LogP contribution is -2.23. The highest BCUT2D eigenvalue weighted by Gasteiger charge is 2.12. The number of carbonyl (C=O) groups excluding carboxylic acids is 1. The topological polar surface area (TPSA) is 80.9 Å². The van der Waals surface area contributed by atoms with Crippen molar-refractivity contribution in [3.8, 4) is 23.0 Å². The molecule has 0 saturated heterocycles. The number of nitrogens with one attached hydrogen (secondary N) is 1. The largest absolute Gasteiger partial charge is 0.384 e. The van der Waals surface area contributed by atoms with Crippen LogP contribution in [0.4, 0.5) is 5.82 Å². The second-order valence-corrected chi connectivity index (χ2v) is 6.64. The number of nitrogens with zero attached hydrogens (tertiary/aromatic N) is 2. The van der Waals surface area contributed by atoms with Gasteiger partial charge < -0.3 is 11.1 Å². The first-order valence-corrected chi connectivity index (χ1v) is 9.64. The van der Waals surface area contributed by atoms with Crippen LogP contribution in [-0.2, 0) is 6.42 Å². The van der Waals surface area contributed by atoms with Crippen molar-refractivity contribution < 1.29 is 4.79 Å². The molecule has 0 bridgehead atoms. The van der Waals surface area contributed by atoms with Crippen LogP contribution in [0.15, 0.2) is 48.8 Å². The number of anilines is 1. The van der Waals surface area contributed by atoms with Crippen LogP contribution in [0.25, 0.3) is 11.1 Å².